The van der Waals surface area contributed by atoms with Crippen LogP contribution >= 0.6 is 0 Å². The number of ether oxygens (including phenoxy) is 1. The molecule has 31 heavy (non-hydrogen) atoms. The average molecular weight is 427 g/mol. The van der Waals surface area contributed by atoms with Gasteiger partial charge in [0.05, 0.1) is 24.0 Å². The highest BCUT2D eigenvalue weighted by Gasteiger charge is 2.29. The van der Waals surface area contributed by atoms with Crippen LogP contribution in [0.5, 0.6) is 0 Å². The summed E-state index contributed by atoms with van der Waals surface area (Å²) in [5, 5.41) is 7.92. The lowest BCUT2D eigenvalue weighted by Crippen LogP contribution is -2.38. The van der Waals surface area contributed by atoms with Crippen LogP contribution in [0.1, 0.15) is 18.7 Å². The van der Waals surface area contributed by atoms with Crippen LogP contribution in [0.4, 0.5) is 14.7 Å². The fraction of sp³-hybridized carbons (Fsp3) is 0.429. The molecule has 1 aliphatic carbocycles. The maximum absolute atomic E-state index is 13.0. The number of nitrogens with one attached hydrogen (secondary N) is 1. The number of alkyl halides is 2. The first-order valence-corrected chi connectivity index (χ1v) is 10.2. The average Bonchev–Trinajstić information content (AvgIpc) is 3.26. The standard InChI is InChI=1S/C21H23F2N7O/c1-12-25-17-4-3-16(27-20(17)29(12)10-19(22)23)15-5-6-30-18(15)9-24-21(28-30)26-14-7-13(8-14)11-31-2/h3-6,9,13-14,19H,7-8,10-11H2,1-2H3,(H,26,28)/t13-,14-. The van der Waals surface area contributed by atoms with Crippen molar-refractivity contribution >= 4 is 22.6 Å². The fourth-order valence-electron chi connectivity index (χ4n) is 4.21. The van der Waals surface area contributed by atoms with E-state index >= 15 is 0 Å². The van der Waals surface area contributed by atoms with Gasteiger partial charge in [0.25, 0.3) is 6.43 Å². The zero-order chi connectivity index (χ0) is 21.5. The number of methoxy groups -OCH3 is 1. The van der Waals surface area contributed by atoms with E-state index in [-0.39, 0.29) is 0 Å². The molecule has 0 amide bonds. The number of anilines is 1. The van der Waals surface area contributed by atoms with Crippen molar-refractivity contribution in [1.29, 1.82) is 0 Å². The molecule has 4 aromatic heterocycles. The fourth-order valence-corrected chi connectivity index (χ4v) is 4.21. The first-order valence-electron chi connectivity index (χ1n) is 10.2. The third-order valence-corrected chi connectivity index (χ3v) is 5.77. The Balaban J connectivity index is 1.42. The predicted octanol–water partition coefficient (Wildman–Crippen LogP) is 3.55. The number of pyridine rings is 1. The molecule has 0 saturated heterocycles. The molecule has 0 aliphatic heterocycles. The van der Waals surface area contributed by atoms with Gasteiger partial charge in [0.1, 0.15) is 11.3 Å². The van der Waals surface area contributed by atoms with E-state index in [1.807, 2.05) is 18.3 Å². The number of aryl methyl sites for hydroxylation is 1. The molecule has 10 heteroatoms. The number of fused-ring (bicyclic) bond motifs is 2. The second kappa shape index (κ2) is 7.84. The number of hydrogen-bond acceptors (Lipinski definition) is 6. The number of imidazole rings is 1. The quantitative estimate of drug-likeness (QED) is 0.486. The molecule has 0 unspecified atom stereocenters. The molecule has 0 radical (unpaired) electrons. The Hall–Kier alpha value is -3.14. The van der Waals surface area contributed by atoms with E-state index in [0.717, 1.165) is 30.5 Å². The molecule has 4 heterocycles. The van der Waals surface area contributed by atoms with Crippen LogP contribution in [0.15, 0.2) is 30.6 Å². The third kappa shape index (κ3) is 3.71. The second-order valence-electron chi connectivity index (χ2n) is 7.97. The zero-order valence-corrected chi connectivity index (χ0v) is 17.3. The SMILES string of the molecule is COC[C@H]1C[C@H](Nc2ncc3c(-c4ccc5nc(C)n(CC(F)F)c5n4)ccn3n2)C1. The Morgan fingerprint density at radius 3 is 2.84 bits per heavy atom. The van der Waals surface area contributed by atoms with E-state index in [0.29, 0.717) is 40.6 Å². The molecule has 8 nitrogen and oxygen atoms in total. The molecular weight excluding hydrogens is 404 g/mol. The minimum Gasteiger partial charge on any atom is -0.384 e. The summed E-state index contributed by atoms with van der Waals surface area (Å²) in [6.45, 7) is 2.06. The normalized spacial score (nSPS) is 18.7. The lowest BCUT2D eigenvalue weighted by atomic mass is 9.81. The van der Waals surface area contributed by atoms with Crippen LogP contribution in [0, 0.1) is 12.8 Å². The van der Waals surface area contributed by atoms with Crippen molar-refractivity contribution in [3.8, 4) is 11.3 Å². The molecule has 5 rings (SSSR count). The maximum atomic E-state index is 13.0. The number of halogens is 2. The first kappa shape index (κ1) is 19.8. The van der Waals surface area contributed by atoms with Gasteiger partial charge in [-0.25, -0.2) is 28.2 Å². The van der Waals surface area contributed by atoms with E-state index in [1.54, 1.807) is 30.8 Å². The minimum atomic E-state index is -2.48. The molecule has 1 saturated carbocycles. The van der Waals surface area contributed by atoms with E-state index in [4.69, 9.17) is 4.74 Å². The summed E-state index contributed by atoms with van der Waals surface area (Å²) in [6.07, 6.45) is 3.21. The van der Waals surface area contributed by atoms with E-state index in [9.17, 15) is 8.78 Å². The number of nitrogens with zero attached hydrogens (tertiary/aromatic N) is 6. The molecular formula is C21H23F2N7O. The highest BCUT2D eigenvalue weighted by atomic mass is 19.3. The van der Waals surface area contributed by atoms with Crippen LogP contribution < -0.4 is 5.32 Å². The molecule has 0 aromatic carbocycles. The van der Waals surface area contributed by atoms with Gasteiger partial charge >= 0.3 is 0 Å². The van der Waals surface area contributed by atoms with E-state index < -0.39 is 13.0 Å². The monoisotopic (exact) mass is 427 g/mol. The summed E-state index contributed by atoms with van der Waals surface area (Å²) < 4.78 is 34.4. The highest BCUT2D eigenvalue weighted by Crippen LogP contribution is 2.30. The van der Waals surface area contributed by atoms with Crippen molar-refractivity contribution < 1.29 is 13.5 Å². The van der Waals surface area contributed by atoms with Crippen molar-refractivity contribution in [2.75, 3.05) is 19.0 Å². The van der Waals surface area contributed by atoms with Crippen molar-refractivity contribution in [3.63, 3.8) is 0 Å². The Bertz CT molecular complexity index is 1230. The van der Waals surface area contributed by atoms with Gasteiger partial charge in [0.15, 0.2) is 5.65 Å². The summed E-state index contributed by atoms with van der Waals surface area (Å²) in [6, 6.07) is 5.91. The highest BCUT2D eigenvalue weighted by molar-refractivity contribution is 5.82. The summed E-state index contributed by atoms with van der Waals surface area (Å²) >= 11 is 0. The molecule has 0 atom stereocenters. The number of hydrogen-bond donors (Lipinski definition) is 1. The van der Waals surface area contributed by atoms with Gasteiger partial charge in [-0.2, -0.15) is 0 Å². The third-order valence-electron chi connectivity index (χ3n) is 5.77. The summed E-state index contributed by atoms with van der Waals surface area (Å²) in [5.41, 5.74) is 3.33. The van der Waals surface area contributed by atoms with Crippen molar-refractivity contribution in [2.24, 2.45) is 5.92 Å². The number of rotatable bonds is 7. The molecule has 0 spiro atoms. The molecule has 1 fully saturated rings. The van der Waals surface area contributed by atoms with Gasteiger partial charge in [-0.3, -0.25) is 0 Å². The van der Waals surface area contributed by atoms with Gasteiger partial charge in [-0.05, 0) is 43.9 Å². The van der Waals surface area contributed by atoms with Crippen LogP contribution in [-0.4, -0.2) is 55.3 Å². The van der Waals surface area contributed by atoms with Crippen molar-refractivity contribution in [2.45, 2.75) is 38.8 Å². The Kier molecular flexibility index (Phi) is 5.01. The van der Waals surface area contributed by atoms with Crippen LogP contribution in [0.25, 0.3) is 27.9 Å². The van der Waals surface area contributed by atoms with Gasteiger partial charge in [0, 0.05) is 31.5 Å². The molecule has 1 N–H and O–H groups in total. The zero-order valence-electron chi connectivity index (χ0n) is 17.3. The van der Waals surface area contributed by atoms with Gasteiger partial charge in [-0.1, -0.05) is 0 Å². The Morgan fingerprint density at radius 2 is 2.06 bits per heavy atom. The van der Waals surface area contributed by atoms with Crippen molar-refractivity contribution in [1.82, 2.24) is 29.1 Å². The Labute approximate surface area is 177 Å². The molecule has 4 aromatic rings. The van der Waals surface area contributed by atoms with Gasteiger partial charge < -0.3 is 14.6 Å². The second-order valence-corrected chi connectivity index (χ2v) is 7.97. The minimum absolute atomic E-state index is 0.357. The van der Waals surface area contributed by atoms with Crippen molar-refractivity contribution in [3.05, 3.63) is 36.4 Å². The molecule has 162 valence electrons. The van der Waals surface area contributed by atoms with E-state index in [1.165, 1.54) is 4.57 Å². The lowest BCUT2D eigenvalue weighted by Gasteiger charge is -2.35. The summed E-state index contributed by atoms with van der Waals surface area (Å²) in [4.78, 5) is 13.4. The van der Waals surface area contributed by atoms with E-state index in [2.05, 4.69) is 25.4 Å². The first-order chi connectivity index (χ1) is 15.0. The number of aromatic nitrogens is 6. The van der Waals surface area contributed by atoms with Crippen LogP contribution in [0.2, 0.25) is 0 Å². The summed E-state index contributed by atoms with van der Waals surface area (Å²) in [5.74, 6) is 1.68. The predicted molar refractivity (Wildman–Crippen MR) is 112 cm³/mol. The molecule has 1 aliphatic rings. The summed E-state index contributed by atoms with van der Waals surface area (Å²) in [7, 11) is 1.72. The van der Waals surface area contributed by atoms with Gasteiger partial charge in [0.2, 0.25) is 5.95 Å². The van der Waals surface area contributed by atoms with Crippen LogP contribution in [0.3, 0.4) is 0 Å². The molecule has 0 bridgehead atoms. The maximum Gasteiger partial charge on any atom is 0.256 e. The largest absolute Gasteiger partial charge is 0.384 e. The smallest absolute Gasteiger partial charge is 0.256 e. The van der Waals surface area contributed by atoms with Gasteiger partial charge in [-0.15, -0.1) is 5.10 Å². The lowest BCUT2D eigenvalue weighted by molar-refractivity contribution is 0.104. The Morgan fingerprint density at radius 1 is 1.23 bits per heavy atom. The topological polar surface area (TPSA) is 82.2 Å². The van der Waals surface area contributed by atoms with Crippen LogP contribution in [-0.2, 0) is 11.3 Å².